The third-order valence-corrected chi connectivity index (χ3v) is 3.44. The van der Waals surface area contributed by atoms with Crippen molar-refractivity contribution in [1.82, 2.24) is 5.32 Å². The van der Waals surface area contributed by atoms with Gasteiger partial charge in [0.1, 0.15) is 5.70 Å². The summed E-state index contributed by atoms with van der Waals surface area (Å²) in [6, 6.07) is 8.55. The van der Waals surface area contributed by atoms with Gasteiger partial charge in [-0.1, -0.05) is 29.3 Å². The molecule has 1 amide bonds. The average Bonchev–Trinajstić information content (AvgIpc) is 3.04. The van der Waals surface area contributed by atoms with Gasteiger partial charge >= 0.3 is 0 Å². The van der Waals surface area contributed by atoms with Crippen LogP contribution in [0.3, 0.4) is 0 Å². The number of hydrogen-bond acceptors (Lipinski definition) is 3. The Morgan fingerprint density at radius 1 is 1.20 bits per heavy atom. The van der Waals surface area contributed by atoms with Crippen molar-refractivity contribution < 1.29 is 9.21 Å². The molecule has 4 nitrogen and oxygen atoms in total. The highest BCUT2D eigenvalue weighted by Crippen LogP contribution is 2.24. The maximum absolute atomic E-state index is 11.8. The lowest BCUT2D eigenvalue weighted by atomic mass is 10.2. The fourth-order valence-corrected chi connectivity index (χ4v) is 2.07. The molecule has 0 bridgehead atoms. The number of nitrogens with one attached hydrogen (secondary N) is 1. The van der Waals surface area contributed by atoms with Gasteiger partial charge in [0, 0.05) is 0 Å². The molecule has 0 saturated carbocycles. The molecule has 2 heterocycles. The fraction of sp³-hybridized carbons (Fsp3) is 0. The summed E-state index contributed by atoms with van der Waals surface area (Å²) in [4.78, 5) is 16.0. The Hall–Kier alpha value is -2.04. The van der Waals surface area contributed by atoms with Crippen molar-refractivity contribution >= 4 is 41.0 Å². The molecule has 3 rings (SSSR count). The first-order chi connectivity index (χ1) is 9.63. The molecule has 0 unspecified atom stereocenters. The lowest BCUT2D eigenvalue weighted by Gasteiger charge is -1.98. The molecule has 0 radical (unpaired) electrons. The number of amides is 1. The van der Waals surface area contributed by atoms with E-state index in [1.54, 1.807) is 36.4 Å². The zero-order chi connectivity index (χ0) is 14.1. The van der Waals surface area contributed by atoms with Gasteiger partial charge in [-0.25, -0.2) is 4.99 Å². The number of benzene rings is 1. The molecular weight excluding hydrogens is 299 g/mol. The van der Waals surface area contributed by atoms with Gasteiger partial charge in [0.05, 0.1) is 16.3 Å². The number of aliphatic imine (C=N–C) groups is 1. The highest BCUT2D eigenvalue weighted by atomic mass is 35.5. The normalized spacial score (nSPS) is 16.4. The van der Waals surface area contributed by atoms with Crippen LogP contribution in [0.15, 0.2) is 51.7 Å². The molecule has 1 aliphatic heterocycles. The van der Waals surface area contributed by atoms with Crippen LogP contribution in [0.4, 0.5) is 0 Å². The lowest BCUT2D eigenvalue weighted by molar-refractivity contribution is -0.115. The molecule has 1 aromatic carbocycles. The molecule has 6 heteroatoms. The van der Waals surface area contributed by atoms with E-state index in [-0.39, 0.29) is 11.6 Å². The predicted molar refractivity (Wildman–Crippen MR) is 77.8 cm³/mol. The fourth-order valence-electron chi connectivity index (χ4n) is 1.76. The quantitative estimate of drug-likeness (QED) is 0.863. The lowest BCUT2D eigenvalue weighted by Crippen LogP contribution is -2.24. The monoisotopic (exact) mass is 306 g/mol. The smallest absolute Gasteiger partial charge is 0.275 e. The molecule has 1 aromatic heterocycles. The second-order valence-electron chi connectivity index (χ2n) is 4.09. The number of amidine groups is 1. The van der Waals surface area contributed by atoms with Crippen molar-refractivity contribution in [2.24, 2.45) is 4.99 Å². The van der Waals surface area contributed by atoms with Crippen LogP contribution in [0.2, 0.25) is 10.0 Å². The molecule has 0 atom stereocenters. The molecule has 1 aliphatic rings. The van der Waals surface area contributed by atoms with Crippen LogP contribution in [0, 0.1) is 0 Å². The first-order valence-electron chi connectivity index (χ1n) is 5.74. The topological polar surface area (TPSA) is 54.6 Å². The van der Waals surface area contributed by atoms with Crippen molar-refractivity contribution in [3.63, 3.8) is 0 Å². The molecule has 0 spiro atoms. The second-order valence-corrected chi connectivity index (χ2v) is 4.91. The standard InChI is InChI=1S/C14H8Cl2N2O2/c15-9-4-3-8(6-10(9)16)7-11-14(19)18-13(17-11)12-2-1-5-20-12/h1-7H,(H,17,18,19)/b11-7+. The Bertz CT molecular complexity index is 734. The van der Waals surface area contributed by atoms with Gasteiger partial charge in [0.25, 0.3) is 5.91 Å². The SMILES string of the molecule is O=C1NC(c2ccco2)=N/C1=C/c1ccc(Cl)c(Cl)c1. The van der Waals surface area contributed by atoms with Crippen molar-refractivity contribution in [1.29, 1.82) is 0 Å². The molecule has 100 valence electrons. The van der Waals surface area contributed by atoms with Gasteiger partial charge in [-0.15, -0.1) is 0 Å². The van der Waals surface area contributed by atoms with Gasteiger partial charge in [-0.05, 0) is 35.9 Å². The van der Waals surface area contributed by atoms with E-state index in [4.69, 9.17) is 27.6 Å². The number of nitrogens with zero attached hydrogens (tertiary/aromatic N) is 1. The average molecular weight is 307 g/mol. The van der Waals surface area contributed by atoms with Gasteiger partial charge in [0.2, 0.25) is 0 Å². The number of carbonyl (C=O) groups excluding carboxylic acids is 1. The molecule has 0 fully saturated rings. The zero-order valence-electron chi connectivity index (χ0n) is 10.1. The molecule has 0 saturated heterocycles. The van der Waals surface area contributed by atoms with Crippen LogP contribution < -0.4 is 5.32 Å². The largest absolute Gasteiger partial charge is 0.461 e. The van der Waals surface area contributed by atoms with Crippen LogP contribution in [0.1, 0.15) is 11.3 Å². The Kier molecular flexibility index (Phi) is 3.34. The van der Waals surface area contributed by atoms with Crippen molar-refractivity contribution in [2.45, 2.75) is 0 Å². The van der Waals surface area contributed by atoms with Gasteiger partial charge in [0.15, 0.2) is 11.6 Å². The van der Waals surface area contributed by atoms with Crippen LogP contribution in [0.5, 0.6) is 0 Å². The minimum atomic E-state index is -0.289. The highest BCUT2D eigenvalue weighted by Gasteiger charge is 2.22. The maximum atomic E-state index is 11.8. The molecule has 0 aliphatic carbocycles. The van der Waals surface area contributed by atoms with E-state index >= 15 is 0 Å². The van der Waals surface area contributed by atoms with E-state index < -0.39 is 0 Å². The maximum Gasteiger partial charge on any atom is 0.275 e. The van der Waals surface area contributed by atoms with E-state index in [1.165, 1.54) is 6.26 Å². The van der Waals surface area contributed by atoms with E-state index in [0.29, 0.717) is 21.6 Å². The zero-order valence-corrected chi connectivity index (χ0v) is 11.6. The summed E-state index contributed by atoms with van der Waals surface area (Å²) >= 11 is 11.8. The first kappa shape index (κ1) is 13.0. The molecule has 20 heavy (non-hydrogen) atoms. The Morgan fingerprint density at radius 2 is 2.05 bits per heavy atom. The summed E-state index contributed by atoms with van der Waals surface area (Å²) in [5.74, 6) is 0.615. The third-order valence-electron chi connectivity index (χ3n) is 2.70. The van der Waals surface area contributed by atoms with Gasteiger partial charge < -0.3 is 9.73 Å². The van der Waals surface area contributed by atoms with E-state index in [0.717, 1.165) is 5.56 Å². The van der Waals surface area contributed by atoms with Gasteiger partial charge in [-0.3, -0.25) is 4.79 Å². The van der Waals surface area contributed by atoms with Crippen LogP contribution in [-0.2, 0) is 4.79 Å². The van der Waals surface area contributed by atoms with Gasteiger partial charge in [-0.2, -0.15) is 0 Å². The van der Waals surface area contributed by atoms with Crippen molar-refractivity contribution in [3.05, 3.63) is 63.7 Å². The minimum absolute atomic E-state index is 0.287. The molecule has 1 N–H and O–H groups in total. The van der Waals surface area contributed by atoms with E-state index in [1.807, 2.05) is 0 Å². The summed E-state index contributed by atoms with van der Waals surface area (Å²) in [6.07, 6.45) is 3.15. The minimum Gasteiger partial charge on any atom is -0.461 e. The number of furan rings is 1. The van der Waals surface area contributed by atoms with E-state index in [9.17, 15) is 4.79 Å². The molecule has 2 aromatic rings. The summed E-state index contributed by atoms with van der Waals surface area (Å²) in [5, 5.41) is 3.53. The number of halogens is 2. The van der Waals surface area contributed by atoms with Crippen molar-refractivity contribution in [3.8, 4) is 0 Å². The number of carbonyl (C=O) groups is 1. The van der Waals surface area contributed by atoms with Crippen molar-refractivity contribution in [2.75, 3.05) is 0 Å². The third kappa shape index (κ3) is 2.48. The second kappa shape index (κ2) is 5.15. The highest BCUT2D eigenvalue weighted by molar-refractivity contribution is 6.42. The Morgan fingerprint density at radius 3 is 2.75 bits per heavy atom. The molecular formula is C14H8Cl2N2O2. The Labute approximate surface area is 124 Å². The van der Waals surface area contributed by atoms with Crippen LogP contribution in [-0.4, -0.2) is 11.7 Å². The summed E-state index contributed by atoms with van der Waals surface area (Å²) in [6.45, 7) is 0. The van der Waals surface area contributed by atoms with Crippen LogP contribution >= 0.6 is 23.2 Å². The number of hydrogen-bond donors (Lipinski definition) is 1. The predicted octanol–water partition coefficient (Wildman–Crippen LogP) is 3.50. The summed E-state index contributed by atoms with van der Waals surface area (Å²) < 4.78 is 5.19. The van der Waals surface area contributed by atoms with E-state index in [2.05, 4.69) is 10.3 Å². The summed E-state index contributed by atoms with van der Waals surface area (Å²) in [5.41, 5.74) is 1.03. The Balaban J connectivity index is 1.95. The van der Waals surface area contributed by atoms with Crippen LogP contribution in [0.25, 0.3) is 6.08 Å². The number of rotatable bonds is 2. The first-order valence-corrected chi connectivity index (χ1v) is 6.50. The summed E-state index contributed by atoms with van der Waals surface area (Å²) in [7, 11) is 0.